The molecule has 0 saturated carbocycles. The topological polar surface area (TPSA) is 71.8 Å². The largest absolute Gasteiger partial charge is 0.348 e. The van der Waals surface area contributed by atoms with Crippen LogP contribution in [0.25, 0.3) is 0 Å². The van der Waals surface area contributed by atoms with Crippen molar-refractivity contribution in [3.8, 4) is 0 Å². The van der Waals surface area contributed by atoms with Crippen LogP contribution in [0.15, 0.2) is 30.5 Å². The maximum atomic E-state index is 13.7. The van der Waals surface area contributed by atoms with E-state index in [9.17, 15) is 9.18 Å². The number of amides is 1. The zero-order chi connectivity index (χ0) is 16.9. The van der Waals surface area contributed by atoms with E-state index in [-0.39, 0.29) is 23.8 Å². The van der Waals surface area contributed by atoms with Crippen LogP contribution >= 0.6 is 0 Å². The Morgan fingerprint density at radius 1 is 1.42 bits per heavy atom. The minimum absolute atomic E-state index is 0.196. The Kier molecular flexibility index (Phi) is 5.20. The van der Waals surface area contributed by atoms with Crippen molar-refractivity contribution < 1.29 is 9.18 Å². The molecule has 2 aromatic rings. The van der Waals surface area contributed by atoms with Crippen LogP contribution in [0.1, 0.15) is 41.9 Å². The van der Waals surface area contributed by atoms with Gasteiger partial charge in [-0.2, -0.15) is 0 Å². The maximum Gasteiger partial charge on any atom is 0.273 e. The second-order valence-electron chi connectivity index (χ2n) is 6.24. The second kappa shape index (κ2) is 7.53. The normalized spacial score (nSPS) is 16.8. The third-order valence-corrected chi connectivity index (χ3v) is 4.29. The lowest BCUT2D eigenvalue weighted by atomic mass is 10.1. The molecular formula is C17H22FN5O. The first-order valence-corrected chi connectivity index (χ1v) is 8.30. The van der Waals surface area contributed by atoms with Gasteiger partial charge in [-0.1, -0.05) is 23.4 Å². The van der Waals surface area contributed by atoms with Gasteiger partial charge in [-0.05, 0) is 50.9 Å². The highest BCUT2D eigenvalue weighted by Crippen LogP contribution is 2.17. The van der Waals surface area contributed by atoms with Crippen LogP contribution in [0.3, 0.4) is 0 Å². The average Bonchev–Trinajstić information content (AvgIpc) is 3.08. The zero-order valence-corrected chi connectivity index (χ0v) is 13.7. The van der Waals surface area contributed by atoms with Gasteiger partial charge >= 0.3 is 0 Å². The summed E-state index contributed by atoms with van der Waals surface area (Å²) in [6, 6.07) is 6.69. The predicted molar refractivity (Wildman–Crippen MR) is 88.2 cm³/mol. The van der Waals surface area contributed by atoms with Crippen LogP contribution in [-0.2, 0) is 6.42 Å². The number of benzene rings is 1. The van der Waals surface area contributed by atoms with E-state index in [1.165, 1.54) is 6.07 Å². The number of halogens is 1. The molecule has 24 heavy (non-hydrogen) atoms. The summed E-state index contributed by atoms with van der Waals surface area (Å²) < 4.78 is 15.5. The Hall–Kier alpha value is -2.28. The van der Waals surface area contributed by atoms with Crippen LogP contribution in [0, 0.1) is 5.82 Å². The Balaban J connectivity index is 1.58. The fraction of sp³-hybridized carbons (Fsp3) is 0.471. The summed E-state index contributed by atoms with van der Waals surface area (Å²) in [6.07, 6.45) is 4.09. The third kappa shape index (κ3) is 3.97. The molecule has 7 heteroatoms. The van der Waals surface area contributed by atoms with Crippen molar-refractivity contribution in [2.45, 2.75) is 38.3 Å². The molecule has 1 atom stereocenters. The Morgan fingerprint density at radius 2 is 2.17 bits per heavy atom. The lowest BCUT2D eigenvalue weighted by Crippen LogP contribution is -2.34. The lowest BCUT2D eigenvalue weighted by Gasteiger charge is -2.22. The Morgan fingerprint density at radius 3 is 2.92 bits per heavy atom. The van der Waals surface area contributed by atoms with E-state index in [0.717, 1.165) is 25.9 Å². The van der Waals surface area contributed by atoms with E-state index >= 15 is 0 Å². The van der Waals surface area contributed by atoms with Gasteiger partial charge in [-0.25, -0.2) is 9.07 Å². The molecule has 1 aromatic carbocycles. The van der Waals surface area contributed by atoms with Crippen molar-refractivity contribution in [2.75, 3.05) is 13.1 Å². The smallest absolute Gasteiger partial charge is 0.273 e. The van der Waals surface area contributed by atoms with Crippen molar-refractivity contribution in [1.29, 1.82) is 0 Å². The van der Waals surface area contributed by atoms with Crippen LogP contribution in [0.2, 0.25) is 0 Å². The summed E-state index contributed by atoms with van der Waals surface area (Å²) in [4.78, 5) is 12.3. The van der Waals surface area contributed by atoms with Crippen LogP contribution in [0.4, 0.5) is 4.39 Å². The molecule has 1 unspecified atom stereocenters. The van der Waals surface area contributed by atoms with Gasteiger partial charge in [0.15, 0.2) is 5.69 Å². The number of piperidine rings is 1. The number of hydrogen-bond acceptors (Lipinski definition) is 4. The molecule has 2 N–H and O–H groups in total. The van der Waals surface area contributed by atoms with Crippen molar-refractivity contribution in [3.05, 3.63) is 47.5 Å². The van der Waals surface area contributed by atoms with Gasteiger partial charge in [0.05, 0.1) is 12.2 Å². The standard InChI is InChI=1S/C17H22FN5O/c1-12(10-13-4-2-3-5-15(13)18)20-17(24)16-11-23(22-21-16)14-6-8-19-9-7-14/h2-5,11-12,14,19H,6-10H2,1H3,(H,20,24). The summed E-state index contributed by atoms with van der Waals surface area (Å²) in [5, 5.41) is 14.2. The van der Waals surface area contributed by atoms with Crippen LogP contribution in [0.5, 0.6) is 0 Å². The Bertz CT molecular complexity index is 696. The van der Waals surface area contributed by atoms with Crippen molar-refractivity contribution in [1.82, 2.24) is 25.6 Å². The predicted octanol–water partition coefficient (Wildman–Crippen LogP) is 1.70. The summed E-state index contributed by atoms with van der Waals surface area (Å²) in [7, 11) is 0. The fourth-order valence-corrected chi connectivity index (χ4v) is 2.97. The summed E-state index contributed by atoms with van der Waals surface area (Å²) in [5.41, 5.74) is 0.887. The Labute approximate surface area is 140 Å². The van der Waals surface area contributed by atoms with Crippen molar-refractivity contribution in [2.24, 2.45) is 0 Å². The first-order chi connectivity index (χ1) is 11.6. The van der Waals surface area contributed by atoms with E-state index in [1.807, 2.05) is 6.92 Å². The monoisotopic (exact) mass is 331 g/mol. The van der Waals surface area contributed by atoms with Gasteiger partial charge in [0.25, 0.3) is 5.91 Å². The SMILES string of the molecule is CC(Cc1ccccc1F)NC(=O)c1cn(C2CCNCC2)nn1. The second-order valence-corrected chi connectivity index (χ2v) is 6.24. The number of nitrogens with one attached hydrogen (secondary N) is 2. The number of aromatic nitrogens is 3. The first kappa shape index (κ1) is 16.6. The molecule has 128 valence electrons. The van der Waals surface area contributed by atoms with E-state index in [1.54, 1.807) is 29.1 Å². The summed E-state index contributed by atoms with van der Waals surface area (Å²) in [6.45, 7) is 3.75. The molecule has 2 heterocycles. The van der Waals surface area contributed by atoms with Gasteiger partial charge in [-0.15, -0.1) is 5.10 Å². The van der Waals surface area contributed by atoms with E-state index in [4.69, 9.17) is 0 Å². The highest BCUT2D eigenvalue weighted by atomic mass is 19.1. The van der Waals surface area contributed by atoms with Gasteiger partial charge in [0, 0.05) is 6.04 Å². The van der Waals surface area contributed by atoms with Crippen molar-refractivity contribution >= 4 is 5.91 Å². The average molecular weight is 331 g/mol. The van der Waals surface area contributed by atoms with E-state index in [2.05, 4.69) is 20.9 Å². The maximum absolute atomic E-state index is 13.7. The van der Waals surface area contributed by atoms with Gasteiger partial charge < -0.3 is 10.6 Å². The first-order valence-electron chi connectivity index (χ1n) is 8.30. The molecule has 1 fully saturated rings. The highest BCUT2D eigenvalue weighted by molar-refractivity contribution is 5.92. The van der Waals surface area contributed by atoms with Gasteiger partial charge in [-0.3, -0.25) is 4.79 Å². The molecule has 1 aliphatic heterocycles. The van der Waals surface area contributed by atoms with Gasteiger partial charge in [0.2, 0.25) is 0 Å². The van der Waals surface area contributed by atoms with Gasteiger partial charge in [0.1, 0.15) is 5.82 Å². The number of hydrogen-bond donors (Lipinski definition) is 2. The quantitative estimate of drug-likeness (QED) is 0.875. The summed E-state index contributed by atoms with van der Waals surface area (Å²) >= 11 is 0. The molecule has 6 nitrogen and oxygen atoms in total. The molecule has 3 rings (SSSR count). The van der Waals surface area contributed by atoms with E-state index < -0.39 is 0 Å². The zero-order valence-electron chi connectivity index (χ0n) is 13.7. The van der Waals surface area contributed by atoms with E-state index in [0.29, 0.717) is 17.7 Å². The number of rotatable bonds is 5. The highest BCUT2D eigenvalue weighted by Gasteiger charge is 2.19. The molecule has 0 spiro atoms. The fourth-order valence-electron chi connectivity index (χ4n) is 2.97. The molecule has 0 bridgehead atoms. The third-order valence-electron chi connectivity index (χ3n) is 4.29. The molecule has 0 aliphatic carbocycles. The molecule has 1 aromatic heterocycles. The lowest BCUT2D eigenvalue weighted by molar-refractivity contribution is 0.0934. The molecular weight excluding hydrogens is 309 g/mol. The minimum Gasteiger partial charge on any atom is -0.348 e. The number of nitrogens with zero attached hydrogens (tertiary/aromatic N) is 3. The number of carbonyl (C=O) groups is 1. The summed E-state index contributed by atoms with van der Waals surface area (Å²) in [5.74, 6) is -0.533. The molecule has 1 amide bonds. The molecule has 0 radical (unpaired) electrons. The van der Waals surface area contributed by atoms with Crippen LogP contribution < -0.4 is 10.6 Å². The molecule has 1 saturated heterocycles. The number of carbonyl (C=O) groups excluding carboxylic acids is 1. The minimum atomic E-state index is -0.279. The molecule has 1 aliphatic rings. The van der Waals surface area contributed by atoms with Crippen LogP contribution in [-0.4, -0.2) is 40.0 Å². The van der Waals surface area contributed by atoms with Crippen molar-refractivity contribution in [3.63, 3.8) is 0 Å².